The van der Waals surface area contributed by atoms with Gasteiger partial charge in [-0.15, -0.1) is 0 Å². The third-order valence-electron chi connectivity index (χ3n) is 4.34. The Balaban J connectivity index is 5.41. The van der Waals surface area contributed by atoms with Gasteiger partial charge in [-0.05, 0) is 19.3 Å². The van der Waals surface area contributed by atoms with Crippen LogP contribution < -0.4 is 27.4 Å². The Kier molecular flexibility index (Phi) is 11.9. The lowest BCUT2D eigenvalue weighted by Crippen LogP contribution is -2.60. The van der Waals surface area contributed by atoms with E-state index in [0.717, 1.165) is 6.92 Å². The lowest BCUT2D eigenvalue weighted by molar-refractivity contribution is -0.145. The van der Waals surface area contributed by atoms with E-state index in [0.29, 0.717) is 0 Å². The number of nitrogens with one attached hydrogen (secondary N) is 3. The van der Waals surface area contributed by atoms with Gasteiger partial charge in [0.2, 0.25) is 23.6 Å². The molecule has 182 valence electrons. The molecule has 0 aromatic heterocycles. The largest absolute Gasteiger partial charge is 0.481 e. The van der Waals surface area contributed by atoms with Gasteiger partial charge in [-0.2, -0.15) is 0 Å². The number of carboxylic acids is 2. The minimum absolute atomic E-state index is 0.146. The van der Waals surface area contributed by atoms with Crippen LogP contribution in [0.3, 0.4) is 0 Å². The highest BCUT2D eigenvalue weighted by molar-refractivity contribution is 5.96. The van der Waals surface area contributed by atoms with Crippen LogP contribution in [-0.2, 0) is 28.8 Å². The van der Waals surface area contributed by atoms with E-state index in [1.165, 1.54) is 13.8 Å². The van der Waals surface area contributed by atoms with E-state index >= 15 is 0 Å². The molecule has 0 aliphatic heterocycles. The average molecular weight is 461 g/mol. The number of aliphatic hydroxyl groups is 1. The molecule has 0 saturated carbocycles. The number of aliphatic hydroxyl groups excluding tert-OH is 1. The van der Waals surface area contributed by atoms with Crippen LogP contribution in [0, 0.1) is 5.92 Å². The van der Waals surface area contributed by atoms with Crippen molar-refractivity contribution in [3.05, 3.63) is 0 Å². The van der Waals surface area contributed by atoms with Gasteiger partial charge in [0.25, 0.3) is 0 Å². The fourth-order valence-electron chi connectivity index (χ4n) is 2.51. The molecule has 5 unspecified atom stereocenters. The van der Waals surface area contributed by atoms with E-state index in [2.05, 4.69) is 16.0 Å². The third kappa shape index (κ3) is 10.2. The summed E-state index contributed by atoms with van der Waals surface area (Å²) in [6.45, 7) is 4.23. The maximum Gasteiger partial charge on any atom is 0.326 e. The number of nitrogens with two attached hydrogens (primary N) is 2. The number of amides is 4. The van der Waals surface area contributed by atoms with E-state index in [1.54, 1.807) is 0 Å². The van der Waals surface area contributed by atoms with Crippen molar-refractivity contribution < 1.29 is 44.1 Å². The van der Waals surface area contributed by atoms with Gasteiger partial charge in [0, 0.05) is 6.42 Å². The van der Waals surface area contributed by atoms with Gasteiger partial charge in [0.1, 0.15) is 18.1 Å². The Morgan fingerprint density at radius 2 is 1.38 bits per heavy atom. The molecular weight excluding hydrogens is 430 g/mol. The number of carbonyl (C=O) groups excluding carboxylic acids is 4. The van der Waals surface area contributed by atoms with Crippen molar-refractivity contribution in [2.24, 2.45) is 17.4 Å². The van der Waals surface area contributed by atoms with Gasteiger partial charge in [-0.3, -0.25) is 24.0 Å². The van der Waals surface area contributed by atoms with E-state index < -0.39 is 78.2 Å². The first-order chi connectivity index (χ1) is 14.7. The topological polar surface area (TPSA) is 251 Å². The SMILES string of the molecule is CC(C)C(NC(=O)C(NC(=O)C(CC(=O)O)NC(=O)C(N)CCC(N)=O)C(C)O)C(=O)O. The maximum atomic E-state index is 12.6. The molecule has 0 aliphatic rings. The van der Waals surface area contributed by atoms with E-state index in [9.17, 15) is 39.0 Å². The molecule has 5 atom stereocenters. The molecule has 0 radical (unpaired) electrons. The Labute approximate surface area is 184 Å². The molecule has 0 aromatic carbocycles. The highest BCUT2D eigenvalue weighted by Crippen LogP contribution is 2.05. The fraction of sp³-hybridized carbons (Fsp3) is 0.667. The van der Waals surface area contributed by atoms with Crippen LogP contribution in [0.1, 0.15) is 40.0 Å². The second-order valence-corrected chi connectivity index (χ2v) is 7.57. The molecule has 0 saturated heterocycles. The number of primary amides is 1. The number of hydrogen-bond donors (Lipinski definition) is 8. The molecule has 0 aromatic rings. The van der Waals surface area contributed by atoms with Gasteiger partial charge < -0.3 is 42.7 Å². The Hall–Kier alpha value is -3.26. The summed E-state index contributed by atoms with van der Waals surface area (Å²) in [5.41, 5.74) is 10.6. The second kappa shape index (κ2) is 13.2. The third-order valence-corrected chi connectivity index (χ3v) is 4.34. The number of carbonyl (C=O) groups is 6. The summed E-state index contributed by atoms with van der Waals surface area (Å²) in [6.07, 6.45) is -2.72. The molecule has 0 rings (SSSR count). The van der Waals surface area contributed by atoms with Crippen molar-refractivity contribution >= 4 is 35.6 Å². The van der Waals surface area contributed by atoms with Crippen molar-refractivity contribution in [1.29, 1.82) is 0 Å². The summed E-state index contributed by atoms with van der Waals surface area (Å²) in [5, 5.41) is 34.5. The van der Waals surface area contributed by atoms with E-state index in [4.69, 9.17) is 16.6 Å². The monoisotopic (exact) mass is 461 g/mol. The van der Waals surface area contributed by atoms with Gasteiger partial charge >= 0.3 is 11.9 Å². The molecule has 10 N–H and O–H groups in total. The maximum absolute atomic E-state index is 12.6. The van der Waals surface area contributed by atoms with Crippen molar-refractivity contribution in [3.63, 3.8) is 0 Å². The molecule has 4 amide bonds. The normalized spacial score (nSPS) is 15.6. The lowest BCUT2D eigenvalue weighted by Gasteiger charge is -2.26. The van der Waals surface area contributed by atoms with Crippen LogP contribution in [-0.4, -0.2) is 81.2 Å². The predicted molar refractivity (Wildman–Crippen MR) is 109 cm³/mol. The Morgan fingerprint density at radius 3 is 1.78 bits per heavy atom. The zero-order valence-corrected chi connectivity index (χ0v) is 18.0. The van der Waals surface area contributed by atoms with Crippen LogP contribution in [0.5, 0.6) is 0 Å². The van der Waals surface area contributed by atoms with E-state index in [1.807, 2.05) is 0 Å². The molecule has 0 fully saturated rings. The van der Waals surface area contributed by atoms with E-state index in [-0.39, 0.29) is 12.8 Å². The average Bonchev–Trinajstić information content (AvgIpc) is 2.65. The molecule has 0 spiro atoms. The molecule has 0 heterocycles. The minimum Gasteiger partial charge on any atom is -0.481 e. The molecule has 14 heteroatoms. The Morgan fingerprint density at radius 1 is 0.844 bits per heavy atom. The summed E-state index contributed by atoms with van der Waals surface area (Å²) >= 11 is 0. The number of carboxylic acid groups (broad SMARTS) is 2. The highest BCUT2D eigenvalue weighted by atomic mass is 16.4. The van der Waals surface area contributed by atoms with Gasteiger partial charge in [-0.1, -0.05) is 13.8 Å². The summed E-state index contributed by atoms with van der Waals surface area (Å²) in [5.74, 6) is -7.09. The number of rotatable bonds is 14. The van der Waals surface area contributed by atoms with Crippen molar-refractivity contribution in [3.8, 4) is 0 Å². The summed E-state index contributed by atoms with van der Waals surface area (Å²) in [4.78, 5) is 70.4. The molecule has 32 heavy (non-hydrogen) atoms. The van der Waals surface area contributed by atoms with Gasteiger partial charge in [0.05, 0.1) is 18.6 Å². The molecule has 0 aliphatic carbocycles. The van der Waals surface area contributed by atoms with Crippen LogP contribution in [0.25, 0.3) is 0 Å². The minimum atomic E-state index is -1.67. The number of aliphatic carboxylic acids is 2. The van der Waals surface area contributed by atoms with Crippen molar-refractivity contribution in [2.75, 3.05) is 0 Å². The first-order valence-electron chi connectivity index (χ1n) is 9.75. The smallest absolute Gasteiger partial charge is 0.326 e. The lowest BCUT2D eigenvalue weighted by atomic mass is 10.0. The van der Waals surface area contributed by atoms with Crippen molar-refractivity contribution in [2.45, 2.75) is 70.3 Å². The van der Waals surface area contributed by atoms with Crippen LogP contribution in [0.2, 0.25) is 0 Å². The highest BCUT2D eigenvalue weighted by Gasteiger charge is 2.34. The van der Waals surface area contributed by atoms with Crippen molar-refractivity contribution in [1.82, 2.24) is 16.0 Å². The van der Waals surface area contributed by atoms with Gasteiger partial charge in [-0.25, -0.2) is 4.79 Å². The first-order valence-corrected chi connectivity index (χ1v) is 9.75. The predicted octanol–water partition coefficient (Wildman–Crippen LogP) is -3.37. The second-order valence-electron chi connectivity index (χ2n) is 7.57. The van der Waals surface area contributed by atoms with Gasteiger partial charge in [0.15, 0.2) is 0 Å². The summed E-state index contributed by atoms with van der Waals surface area (Å²) < 4.78 is 0. The molecular formula is C18H31N5O9. The Bertz CT molecular complexity index is 726. The molecule has 14 nitrogen and oxygen atoms in total. The summed E-state index contributed by atoms with van der Waals surface area (Å²) in [7, 11) is 0. The summed E-state index contributed by atoms with van der Waals surface area (Å²) in [6, 6.07) is -5.88. The standard InChI is InChI=1S/C18H31N5O9/c1-7(2)13(18(31)32)22-17(30)14(8(3)24)23-16(29)10(6-12(26)27)21-15(28)9(19)4-5-11(20)25/h7-10,13-14,24H,4-6,19H2,1-3H3,(H2,20,25)(H,21,28)(H,22,30)(H,23,29)(H,26,27)(H,31,32). The zero-order chi connectivity index (χ0) is 25.2. The quantitative estimate of drug-likeness (QED) is 0.127. The van der Waals surface area contributed by atoms with Crippen LogP contribution in [0.4, 0.5) is 0 Å². The molecule has 0 bridgehead atoms. The number of hydrogen-bond acceptors (Lipinski definition) is 8. The zero-order valence-electron chi connectivity index (χ0n) is 18.0. The fourth-order valence-corrected chi connectivity index (χ4v) is 2.51. The van der Waals surface area contributed by atoms with Crippen LogP contribution in [0.15, 0.2) is 0 Å². The van der Waals surface area contributed by atoms with Crippen LogP contribution >= 0.6 is 0 Å². The first kappa shape index (κ1) is 28.7.